The lowest BCUT2D eigenvalue weighted by atomic mass is 10.1. The van der Waals surface area contributed by atoms with E-state index in [-0.39, 0.29) is 15.4 Å². The van der Waals surface area contributed by atoms with Crippen molar-refractivity contribution in [3.05, 3.63) is 19.7 Å². The van der Waals surface area contributed by atoms with Gasteiger partial charge in [0, 0.05) is 28.2 Å². The maximum atomic E-state index is 12.6. The molecule has 1 aliphatic rings. The van der Waals surface area contributed by atoms with Crippen LogP contribution in [0.3, 0.4) is 0 Å². The van der Waals surface area contributed by atoms with Gasteiger partial charge in [-0.25, -0.2) is 8.42 Å². The number of nitrogens with zero attached hydrogens (tertiary/aromatic N) is 2. The molecule has 26 heavy (non-hydrogen) atoms. The van der Waals surface area contributed by atoms with E-state index in [0.29, 0.717) is 25.1 Å². The summed E-state index contributed by atoms with van der Waals surface area (Å²) in [4.78, 5) is 10.4. The van der Waals surface area contributed by atoms with Gasteiger partial charge in [0.2, 0.25) is 10.0 Å². The molecule has 0 radical (unpaired) electrons. The van der Waals surface area contributed by atoms with Crippen molar-refractivity contribution in [2.45, 2.75) is 77.6 Å². The zero-order valence-electron chi connectivity index (χ0n) is 15.6. The van der Waals surface area contributed by atoms with Crippen LogP contribution in [0.4, 0.5) is 0 Å². The van der Waals surface area contributed by atoms with E-state index in [2.05, 4.69) is 22.9 Å². The van der Waals surface area contributed by atoms with Gasteiger partial charge in [-0.05, 0) is 12.8 Å². The molecule has 1 fully saturated rings. The first-order valence-electron chi connectivity index (χ1n) is 9.57. The molecule has 1 aliphatic heterocycles. The van der Waals surface area contributed by atoms with Gasteiger partial charge in [0.1, 0.15) is 0 Å². The van der Waals surface area contributed by atoms with Crippen molar-refractivity contribution >= 4 is 37.7 Å². The van der Waals surface area contributed by atoms with E-state index in [9.17, 15) is 18.5 Å². The third-order valence-corrected chi connectivity index (χ3v) is 8.46. The van der Waals surface area contributed by atoms with Gasteiger partial charge in [0.15, 0.2) is 5.03 Å². The lowest BCUT2D eigenvalue weighted by molar-refractivity contribution is -0.410. The monoisotopic (exact) mass is 470 g/mol. The summed E-state index contributed by atoms with van der Waals surface area (Å²) in [6.45, 7) is 2.54. The fourth-order valence-electron chi connectivity index (χ4n) is 2.94. The van der Waals surface area contributed by atoms with Crippen molar-refractivity contribution in [2.24, 2.45) is 0 Å². The smallest absolute Gasteiger partial charge is 0.258 e. The molecule has 0 bridgehead atoms. The Morgan fingerprint density at radius 2 is 1.65 bits per heavy atom. The van der Waals surface area contributed by atoms with Crippen LogP contribution in [0.5, 0.6) is 0 Å². The Morgan fingerprint density at radius 1 is 1.12 bits per heavy atom. The first kappa shape index (κ1) is 23.8. The molecular formula is C17H31BrN2O4S2. The Kier molecular flexibility index (Phi) is 11.9. The minimum absolute atomic E-state index is 0.0611. The van der Waals surface area contributed by atoms with Gasteiger partial charge in [-0.1, -0.05) is 76.5 Å². The van der Waals surface area contributed by atoms with Crippen LogP contribution in [0.1, 0.15) is 77.6 Å². The van der Waals surface area contributed by atoms with Gasteiger partial charge in [0.05, 0.1) is 10.7 Å². The maximum Gasteiger partial charge on any atom is 0.341 e. The molecule has 0 aromatic heterocycles. The van der Waals surface area contributed by atoms with E-state index in [4.69, 9.17) is 0 Å². The molecule has 1 rings (SSSR count). The number of unbranched alkanes of at least 4 members (excludes halogenated alkanes) is 9. The molecule has 0 saturated carbocycles. The average molecular weight is 471 g/mol. The Bertz CT molecular complexity index is 567. The number of hydrogen-bond donors (Lipinski definition) is 0. The zero-order valence-corrected chi connectivity index (χ0v) is 18.8. The quantitative estimate of drug-likeness (QED) is 0.154. The summed E-state index contributed by atoms with van der Waals surface area (Å²) in [7, 11) is -3.50. The highest BCUT2D eigenvalue weighted by Crippen LogP contribution is 2.34. The van der Waals surface area contributed by atoms with Crippen molar-refractivity contribution in [2.75, 3.05) is 18.1 Å². The van der Waals surface area contributed by atoms with Crippen LogP contribution in [0, 0.1) is 10.1 Å². The van der Waals surface area contributed by atoms with E-state index in [1.807, 2.05) is 0 Å². The minimum Gasteiger partial charge on any atom is -0.258 e. The molecule has 0 atom stereocenters. The second-order valence-electron chi connectivity index (χ2n) is 6.63. The molecule has 6 nitrogen and oxygen atoms in total. The van der Waals surface area contributed by atoms with Crippen LogP contribution < -0.4 is 0 Å². The van der Waals surface area contributed by atoms with Crippen LogP contribution in [0.15, 0.2) is 9.64 Å². The topological polar surface area (TPSA) is 80.5 Å². The molecule has 0 N–H and O–H groups in total. The number of thioether (sulfide) groups is 1. The van der Waals surface area contributed by atoms with Crippen LogP contribution in [0.2, 0.25) is 0 Å². The molecule has 1 heterocycles. The Morgan fingerprint density at radius 3 is 2.19 bits per heavy atom. The number of sulfonamides is 1. The third kappa shape index (κ3) is 8.61. The predicted octanol–water partition coefficient (Wildman–Crippen LogP) is 5.47. The number of nitro groups is 1. The van der Waals surface area contributed by atoms with Crippen molar-refractivity contribution in [1.29, 1.82) is 0 Å². The van der Waals surface area contributed by atoms with Gasteiger partial charge in [0.25, 0.3) is 0 Å². The molecule has 0 amide bonds. The molecule has 1 saturated heterocycles. The van der Waals surface area contributed by atoms with Crippen LogP contribution in [0.25, 0.3) is 0 Å². The van der Waals surface area contributed by atoms with E-state index in [1.54, 1.807) is 0 Å². The summed E-state index contributed by atoms with van der Waals surface area (Å²) in [5.41, 5.74) is 0. The van der Waals surface area contributed by atoms with Gasteiger partial charge in [-0.2, -0.15) is 0 Å². The van der Waals surface area contributed by atoms with Gasteiger partial charge >= 0.3 is 4.61 Å². The summed E-state index contributed by atoms with van der Waals surface area (Å²) in [6.07, 6.45) is 12.1. The van der Waals surface area contributed by atoms with Gasteiger partial charge in [-0.15, -0.1) is 0 Å². The van der Waals surface area contributed by atoms with Gasteiger partial charge < -0.3 is 0 Å². The lowest BCUT2D eigenvalue weighted by Gasteiger charge is -2.29. The molecule has 9 heteroatoms. The van der Waals surface area contributed by atoms with Gasteiger partial charge in [-0.3, -0.25) is 14.4 Å². The minimum atomic E-state index is -3.50. The largest absolute Gasteiger partial charge is 0.341 e. The predicted molar refractivity (Wildman–Crippen MR) is 112 cm³/mol. The summed E-state index contributed by atoms with van der Waals surface area (Å²) >= 11 is 4.15. The summed E-state index contributed by atoms with van der Waals surface area (Å²) in [5, 5.41) is 11.2. The zero-order chi connectivity index (χ0) is 19.4. The standard InChI is InChI=1S/C17H31BrN2O4S2/c1-2-3-4-5-6-7-8-9-10-11-15-26(23,24)19-13-12-14-25-17(19)16(18)20(21)22/h2-15H2,1H3/b17-16-. The second kappa shape index (κ2) is 13.0. The molecule has 152 valence electrons. The second-order valence-corrected chi connectivity index (χ2v) is 10.5. The SMILES string of the molecule is CCCCCCCCCCCCS(=O)(=O)N1CCCS/C1=C(/Br)[N+](=O)[O-]. The maximum absolute atomic E-state index is 12.6. The molecule has 0 spiro atoms. The first-order valence-corrected chi connectivity index (χ1v) is 13.0. The highest BCUT2D eigenvalue weighted by Gasteiger charge is 2.32. The Balaban J connectivity index is 2.34. The fraction of sp³-hybridized carbons (Fsp3) is 0.882. The molecule has 0 aliphatic carbocycles. The van der Waals surface area contributed by atoms with Crippen LogP contribution in [-0.4, -0.2) is 35.7 Å². The van der Waals surface area contributed by atoms with E-state index >= 15 is 0 Å². The van der Waals surface area contributed by atoms with Crippen molar-refractivity contribution < 1.29 is 13.3 Å². The number of halogens is 1. The molecule has 0 aromatic rings. The Hall–Kier alpha value is -0.280. The van der Waals surface area contributed by atoms with Crippen LogP contribution >= 0.6 is 27.7 Å². The molecule has 0 unspecified atom stereocenters. The number of rotatable bonds is 13. The lowest BCUT2D eigenvalue weighted by Crippen LogP contribution is -2.36. The highest BCUT2D eigenvalue weighted by molar-refractivity contribution is 9.11. The summed E-state index contributed by atoms with van der Waals surface area (Å²) in [6, 6.07) is 0. The van der Waals surface area contributed by atoms with Crippen molar-refractivity contribution in [3.8, 4) is 0 Å². The average Bonchev–Trinajstić information content (AvgIpc) is 2.62. The van der Waals surface area contributed by atoms with Crippen LogP contribution in [-0.2, 0) is 10.0 Å². The third-order valence-electron chi connectivity index (χ3n) is 4.40. The normalized spacial score (nSPS) is 17.4. The summed E-state index contributed by atoms with van der Waals surface area (Å²) < 4.78 is 26.2. The number of hydrogen-bond acceptors (Lipinski definition) is 5. The van der Waals surface area contributed by atoms with Crippen molar-refractivity contribution in [1.82, 2.24) is 4.31 Å². The van der Waals surface area contributed by atoms with E-state index in [0.717, 1.165) is 19.3 Å². The first-order chi connectivity index (χ1) is 12.4. The highest BCUT2D eigenvalue weighted by atomic mass is 79.9. The Labute approximate surface area is 170 Å². The molecular weight excluding hydrogens is 440 g/mol. The molecule has 0 aromatic carbocycles. The van der Waals surface area contributed by atoms with E-state index in [1.165, 1.54) is 54.6 Å². The fourth-order valence-corrected chi connectivity index (χ4v) is 6.54. The van der Waals surface area contributed by atoms with E-state index < -0.39 is 14.9 Å². The van der Waals surface area contributed by atoms with Crippen molar-refractivity contribution in [3.63, 3.8) is 0 Å². The summed E-state index contributed by atoms with van der Waals surface area (Å²) in [5.74, 6) is 0.758.